The molecule has 0 spiro atoms. The Bertz CT molecular complexity index is 1310. The largest absolute Gasteiger partial charge is 0.485 e. The predicted molar refractivity (Wildman–Crippen MR) is 121 cm³/mol. The highest BCUT2D eigenvalue weighted by Gasteiger charge is 2.32. The van der Waals surface area contributed by atoms with E-state index >= 15 is 0 Å². The Morgan fingerprint density at radius 2 is 2.00 bits per heavy atom. The fourth-order valence-electron chi connectivity index (χ4n) is 4.36. The number of rotatable bonds is 6. The van der Waals surface area contributed by atoms with Crippen molar-refractivity contribution >= 4 is 27.4 Å². The maximum absolute atomic E-state index is 12.9. The summed E-state index contributed by atoms with van der Waals surface area (Å²) in [7, 11) is -3.01. The normalized spacial score (nSPS) is 21.3. The van der Waals surface area contributed by atoms with E-state index in [1.54, 1.807) is 0 Å². The van der Waals surface area contributed by atoms with Crippen LogP contribution in [0, 0.1) is 13.8 Å². The van der Waals surface area contributed by atoms with Crippen molar-refractivity contribution in [1.82, 2.24) is 14.8 Å². The van der Waals surface area contributed by atoms with Crippen LogP contribution < -0.4 is 9.47 Å². The van der Waals surface area contributed by atoms with Gasteiger partial charge in [-0.05, 0) is 38.5 Å². The van der Waals surface area contributed by atoms with Crippen LogP contribution in [0.25, 0.3) is 0 Å². The molecule has 33 heavy (non-hydrogen) atoms. The molecule has 2 aliphatic rings. The molecule has 11 heteroatoms. The van der Waals surface area contributed by atoms with Crippen LogP contribution in [0.2, 0.25) is 0 Å². The number of carbonyl (C=O) groups is 1. The number of benzene rings is 1. The van der Waals surface area contributed by atoms with Crippen LogP contribution in [-0.4, -0.2) is 52.8 Å². The molecular formula is C22H23N3O6S2. The Hall–Kier alpha value is -2.79. The van der Waals surface area contributed by atoms with Gasteiger partial charge in [0.15, 0.2) is 27.1 Å². The Morgan fingerprint density at radius 1 is 1.21 bits per heavy atom. The lowest BCUT2D eigenvalue weighted by Gasteiger charge is -2.23. The fraction of sp³-hybridized carbons (Fsp3) is 0.409. The summed E-state index contributed by atoms with van der Waals surface area (Å²) in [4.78, 5) is 12.9. The fourth-order valence-corrected chi connectivity index (χ4v) is 6.71. The summed E-state index contributed by atoms with van der Waals surface area (Å²) < 4.78 is 43.0. The molecule has 0 radical (unpaired) electrons. The minimum absolute atomic E-state index is 0.0777. The number of ketones is 1. The Balaban J connectivity index is 1.24. The monoisotopic (exact) mass is 489 g/mol. The number of nitrogens with zero attached hydrogens (tertiary/aromatic N) is 3. The lowest BCUT2D eigenvalue weighted by Crippen LogP contribution is -2.21. The molecule has 9 nitrogen and oxygen atoms in total. The number of ether oxygens (including phenoxy) is 2. The van der Waals surface area contributed by atoms with Crippen LogP contribution in [-0.2, 0) is 9.84 Å². The summed E-state index contributed by atoms with van der Waals surface area (Å²) in [5, 5.41) is 8.35. The average molecular weight is 490 g/mol. The molecule has 2 aliphatic heterocycles. The third-order valence-corrected chi connectivity index (χ3v) is 8.46. The molecule has 0 unspecified atom stereocenters. The molecule has 0 amide bonds. The first-order valence-corrected chi connectivity index (χ1v) is 13.4. The summed E-state index contributed by atoms with van der Waals surface area (Å²) in [6.07, 6.45) is 0.0579. The lowest BCUT2D eigenvalue weighted by molar-refractivity contribution is 0.0686. The van der Waals surface area contributed by atoms with Gasteiger partial charge >= 0.3 is 0 Å². The number of sulfone groups is 1. The minimum Gasteiger partial charge on any atom is -0.485 e. The molecule has 0 N–H and O–H groups in total. The van der Waals surface area contributed by atoms with E-state index in [2.05, 4.69) is 10.2 Å². The van der Waals surface area contributed by atoms with Crippen molar-refractivity contribution in [3.05, 3.63) is 53.2 Å². The van der Waals surface area contributed by atoms with Gasteiger partial charge in [0.25, 0.3) is 11.1 Å². The molecule has 0 aliphatic carbocycles. The highest BCUT2D eigenvalue weighted by molar-refractivity contribution is 7.99. The Morgan fingerprint density at radius 3 is 2.76 bits per heavy atom. The molecular weight excluding hydrogens is 466 g/mol. The molecule has 2 aromatic heterocycles. The van der Waals surface area contributed by atoms with Crippen molar-refractivity contribution in [2.24, 2.45) is 0 Å². The third kappa shape index (κ3) is 4.39. The second kappa shape index (κ2) is 8.53. The first-order chi connectivity index (χ1) is 15.8. The standard InChI is InChI=1S/C22H23N3O6S2/c1-13-9-16(14(2)25(13)15-7-8-33(27,28)12-15)17(26)11-32-22-24-23-21(31-22)20-10-29-18-5-3-4-6-19(18)30-20/h3-6,9,15,20H,7-8,10-12H2,1-2H3/t15-,20-/m1/s1. The number of hydrogen-bond donors (Lipinski definition) is 0. The van der Waals surface area contributed by atoms with Gasteiger partial charge in [0.2, 0.25) is 6.10 Å². The first-order valence-electron chi connectivity index (χ1n) is 10.6. The maximum Gasteiger partial charge on any atom is 0.277 e. The predicted octanol–water partition coefficient (Wildman–Crippen LogP) is 3.34. The SMILES string of the molecule is Cc1cc(C(=O)CSc2nnc([C@H]3COc4ccccc4O3)o2)c(C)n1[C@@H]1CCS(=O)(=O)C1. The van der Waals surface area contributed by atoms with Crippen LogP contribution in [0.1, 0.15) is 46.2 Å². The Kier molecular flexibility index (Phi) is 5.69. The number of thioether (sulfide) groups is 1. The third-order valence-electron chi connectivity index (χ3n) is 5.89. The summed E-state index contributed by atoms with van der Waals surface area (Å²) in [6, 6.07) is 9.07. The van der Waals surface area contributed by atoms with Gasteiger partial charge < -0.3 is 18.5 Å². The van der Waals surface area contributed by atoms with Crippen LogP contribution in [0.15, 0.2) is 40.0 Å². The highest BCUT2D eigenvalue weighted by atomic mass is 32.2. The van der Waals surface area contributed by atoms with Gasteiger partial charge in [-0.15, -0.1) is 10.2 Å². The van der Waals surface area contributed by atoms with Crippen molar-refractivity contribution in [2.75, 3.05) is 23.9 Å². The van der Waals surface area contributed by atoms with Gasteiger partial charge in [-0.2, -0.15) is 0 Å². The number of hydrogen-bond acceptors (Lipinski definition) is 9. The van der Waals surface area contributed by atoms with Gasteiger partial charge in [0.05, 0.1) is 17.3 Å². The average Bonchev–Trinajstić information content (AvgIpc) is 3.49. The van der Waals surface area contributed by atoms with E-state index in [9.17, 15) is 13.2 Å². The summed E-state index contributed by atoms with van der Waals surface area (Å²) in [6.45, 7) is 4.01. The molecule has 1 aromatic carbocycles. The van der Waals surface area contributed by atoms with Gasteiger partial charge in [0, 0.05) is 23.0 Å². The maximum atomic E-state index is 12.9. The van der Waals surface area contributed by atoms with Crippen LogP contribution >= 0.6 is 11.8 Å². The summed E-state index contributed by atoms with van der Waals surface area (Å²) in [5.41, 5.74) is 2.26. The van der Waals surface area contributed by atoms with Gasteiger partial charge in [0.1, 0.15) is 6.61 Å². The quantitative estimate of drug-likeness (QED) is 0.380. The molecule has 5 rings (SSSR count). The Labute approximate surface area is 195 Å². The van der Waals surface area contributed by atoms with E-state index < -0.39 is 15.9 Å². The second-order valence-electron chi connectivity index (χ2n) is 8.19. The van der Waals surface area contributed by atoms with Crippen molar-refractivity contribution in [3.8, 4) is 11.5 Å². The molecule has 174 valence electrons. The molecule has 4 heterocycles. The van der Waals surface area contributed by atoms with E-state index in [4.69, 9.17) is 13.9 Å². The van der Waals surface area contributed by atoms with Crippen molar-refractivity contribution in [3.63, 3.8) is 0 Å². The molecule has 0 saturated carbocycles. The summed E-state index contributed by atoms with van der Waals surface area (Å²) >= 11 is 1.16. The molecule has 3 aromatic rings. The number of para-hydroxylation sites is 2. The van der Waals surface area contributed by atoms with Crippen LogP contribution in [0.5, 0.6) is 11.5 Å². The topological polar surface area (TPSA) is 114 Å². The van der Waals surface area contributed by atoms with Gasteiger partial charge in [-0.25, -0.2) is 8.42 Å². The first kappa shape index (κ1) is 22.0. The van der Waals surface area contributed by atoms with Crippen molar-refractivity contribution in [2.45, 2.75) is 37.6 Å². The molecule has 2 atom stereocenters. The lowest BCUT2D eigenvalue weighted by atomic mass is 10.2. The zero-order valence-electron chi connectivity index (χ0n) is 18.2. The van der Waals surface area contributed by atoms with E-state index in [1.807, 2.05) is 48.7 Å². The van der Waals surface area contributed by atoms with Gasteiger partial charge in [-0.1, -0.05) is 23.9 Å². The number of fused-ring (bicyclic) bond motifs is 1. The zero-order chi connectivity index (χ0) is 23.2. The molecule has 1 fully saturated rings. The summed E-state index contributed by atoms with van der Waals surface area (Å²) in [5.74, 6) is 1.93. The van der Waals surface area contributed by atoms with Crippen molar-refractivity contribution in [1.29, 1.82) is 0 Å². The number of aromatic nitrogens is 3. The smallest absolute Gasteiger partial charge is 0.277 e. The van der Waals surface area contributed by atoms with E-state index in [0.29, 0.717) is 29.4 Å². The van der Waals surface area contributed by atoms with Crippen LogP contribution in [0.3, 0.4) is 0 Å². The van der Waals surface area contributed by atoms with Gasteiger partial charge in [-0.3, -0.25) is 4.79 Å². The van der Waals surface area contributed by atoms with E-state index in [0.717, 1.165) is 23.1 Å². The highest BCUT2D eigenvalue weighted by Crippen LogP contribution is 2.36. The van der Waals surface area contributed by atoms with Crippen LogP contribution in [0.4, 0.5) is 0 Å². The molecule has 1 saturated heterocycles. The van der Waals surface area contributed by atoms with E-state index in [-0.39, 0.29) is 40.9 Å². The number of aryl methyl sites for hydroxylation is 1. The number of carbonyl (C=O) groups excluding carboxylic acids is 1. The van der Waals surface area contributed by atoms with E-state index in [1.165, 1.54) is 0 Å². The van der Waals surface area contributed by atoms with Crippen molar-refractivity contribution < 1.29 is 27.1 Å². The second-order valence-corrected chi connectivity index (χ2v) is 11.3. The zero-order valence-corrected chi connectivity index (χ0v) is 19.8. The molecule has 0 bridgehead atoms. The minimum atomic E-state index is -3.01. The number of Topliss-reactive ketones (excluding diaryl/α,β-unsaturated/α-hetero) is 1.